The highest BCUT2D eigenvalue weighted by Gasteiger charge is 2.31. The van der Waals surface area contributed by atoms with E-state index in [-0.39, 0.29) is 34.6 Å². The highest BCUT2D eigenvalue weighted by Crippen LogP contribution is 2.23. The molecule has 7 nitrogen and oxygen atoms in total. The van der Waals surface area contributed by atoms with E-state index in [0.717, 1.165) is 0 Å². The number of fused-ring (bicyclic) bond motifs is 2. The summed E-state index contributed by atoms with van der Waals surface area (Å²) in [5.74, 6) is -0.475. The summed E-state index contributed by atoms with van der Waals surface area (Å²) in [6.45, 7) is 7.96. The van der Waals surface area contributed by atoms with Gasteiger partial charge < -0.3 is 10.1 Å². The molecular formula is C19H21N3O4. The second kappa shape index (κ2) is 7.86. The SMILES string of the molecule is CCNC(=O)OC(C)(C)C.O=C1c2cccnc2C(=O)c2ncccc21. The molecule has 0 fully saturated rings. The Morgan fingerprint density at radius 2 is 1.50 bits per heavy atom. The zero-order chi connectivity index (χ0) is 19.3. The minimum atomic E-state index is -0.390. The van der Waals surface area contributed by atoms with Crippen molar-refractivity contribution in [3.8, 4) is 0 Å². The standard InChI is InChI=1S/C12H6N2O2.C7H15NO2/c15-11-7-3-1-5-13-9(7)12(16)10-8(11)4-2-6-14-10;1-5-8-6(9)10-7(2,3)4/h1-6H;5H2,1-4H3,(H,8,9). The normalized spacial score (nSPS) is 12.3. The first-order valence-electron chi connectivity index (χ1n) is 8.21. The quantitative estimate of drug-likeness (QED) is 0.721. The van der Waals surface area contributed by atoms with Crippen LogP contribution in [-0.4, -0.2) is 39.8 Å². The predicted octanol–water partition coefficient (Wildman–Crippen LogP) is 2.78. The predicted molar refractivity (Wildman–Crippen MR) is 95.2 cm³/mol. The van der Waals surface area contributed by atoms with Crippen LogP contribution in [0, 0.1) is 0 Å². The Hall–Kier alpha value is -3.09. The molecular weight excluding hydrogens is 334 g/mol. The molecule has 0 aliphatic heterocycles. The molecule has 0 spiro atoms. The molecule has 1 N–H and O–H groups in total. The number of aromatic nitrogens is 2. The van der Waals surface area contributed by atoms with E-state index >= 15 is 0 Å². The average Bonchev–Trinajstić information content (AvgIpc) is 2.59. The third kappa shape index (κ3) is 4.50. The Morgan fingerprint density at radius 3 is 1.92 bits per heavy atom. The van der Waals surface area contributed by atoms with Gasteiger partial charge in [0.15, 0.2) is 5.78 Å². The lowest BCUT2D eigenvalue weighted by Crippen LogP contribution is -2.32. The van der Waals surface area contributed by atoms with Crippen LogP contribution in [0.5, 0.6) is 0 Å². The van der Waals surface area contributed by atoms with Crippen molar-refractivity contribution in [2.75, 3.05) is 6.54 Å². The van der Waals surface area contributed by atoms with Gasteiger partial charge in [-0.25, -0.2) is 4.79 Å². The summed E-state index contributed by atoms with van der Waals surface area (Å²) >= 11 is 0. The zero-order valence-electron chi connectivity index (χ0n) is 15.2. The number of nitrogens with zero attached hydrogens (tertiary/aromatic N) is 2. The van der Waals surface area contributed by atoms with Gasteiger partial charge in [0.25, 0.3) is 0 Å². The highest BCUT2D eigenvalue weighted by molar-refractivity contribution is 6.26. The number of hydrogen-bond donors (Lipinski definition) is 1. The molecule has 136 valence electrons. The van der Waals surface area contributed by atoms with Gasteiger partial charge in [0, 0.05) is 18.9 Å². The van der Waals surface area contributed by atoms with Crippen molar-refractivity contribution in [3.05, 3.63) is 59.2 Å². The molecule has 2 aromatic heterocycles. The summed E-state index contributed by atoms with van der Waals surface area (Å²) in [6.07, 6.45) is 2.64. The van der Waals surface area contributed by atoms with E-state index in [1.165, 1.54) is 12.4 Å². The van der Waals surface area contributed by atoms with Crippen LogP contribution in [0.1, 0.15) is 59.8 Å². The van der Waals surface area contributed by atoms with Crippen LogP contribution < -0.4 is 5.32 Å². The number of carbonyl (C=O) groups excluding carboxylic acids is 3. The summed E-state index contributed by atoms with van der Waals surface area (Å²) in [5.41, 5.74) is 0.706. The highest BCUT2D eigenvalue weighted by atomic mass is 16.6. The Labute approximate surface area is 151 Å². The van der Waals surface area contributed by atoms with Gasteiger partial charge in [-0.2, -0.15) is 0 Å². The first kappa shape index (κ1) is 19.2. The van der Waals surface area contributed by atoms with Gasteiger partial charge in [-0.15, -0.1) is 0 Å². The summed E-state index contributed by atoms with van der Waals surface area (Å²) in [4.78, 5) is 42.6. The van der Waals surface area contributed by atoms with E-state index in [9.17, 15) is 14.4 Å². The molecule has 0 atom stereocenters. The first-order chi connectivity index (χ1) is 12.2. The third-order valence-corrected chi connectivity index (χ3v) is 3.25. The molecule has 1 aliphatic carbocycles. The lowest BCUT2D eigenvalue weighted by Gasteiger charge is -2.19. The smallest absolute Gasteiger partial charge is 0.407 e. The van der Waals surface area contributed by atoms with Crippen molar-refractivity contribution in [2.24, 2.45) is 0 Å². The van der Waals surface area contributed by atoms with Gasteiger partial charge in [-0.3, -0.25) is 19.6 Å². The van der Waals surface area contributed by atoms with Crippen LogP contribution in [0.4, 0.5) is 4.79 Å². The van der Waals surface area contributed by atoms with Crippen LogP contribution in [0.3, 0.4) is 0 Å². The van der Waals surface area contributed by atoms with Crippen molar-refractivity contribution in [2.45, 2.75) is 33.3 Å². The minimum Gasteiger partial charge on any atom is -0.444 e. The van der Waals surface area contributed by atoms with Crippen LogP contribution in [0.2, 0.25) is 0 Å². The minimum absolute atomic E-state index is 0.189. The molecule has 3 rings (SSSR count). The van der Waals surface area contributed by atoms with Crippen LogP contribution in [0.25, 0.3) is 0 Å². The van der Waals surface area contributed by atoms with Crippen LogP contribution >= 0.6 is 0 Å². The summed E-state index contributed by atoms with van der Waals surface area (Å²) < 4.78 is 4.93. The molecule has 0 aromatic carbocycles. The fourth-order valence-electron chi connectivity index (χ4n) is 2.25. The number of carbonyl (C=O) groups is 3. The van der Waals surface area contributed by atoms with Gasteiger partial charge in [-0.05, 0) is 52.0 Å². The summed E-state index contributed by atoms with van der Waals surface area (Å²) in [7, 11) is 0. The molecule has 1 aliphatic rings. The van der Waals surface area contributed by atoms with Gasteiger partial charge in [0.2, 0.25) is 5.78 Å². The number of alkyl carbamates (subject to hydrolysis) is 1. The number of nitrogens with one attached hydrogen (secondary N) is 1. The van der Waals surface area contributed by atoms with Gasteiger partial charge in [0.05, 0.1) is 11.1 Å². The number of ketones is 2. The van der Waals surface area contributed by atoms with Crippen molar-refractivity contribution >= 4 is 17.7 Å². The van der Waals surface area contributed by atoms with Crippen molar-refractivity contribution in [1.82, 2.24) is 15.3 Å². The van der Waals surface area contributed by atoms with Crippen molar-refractivity contribution in [3.63, 3.8) is 0 Å². The summed E-state index contributed by atoms with van der Waals surface area (Å²) in [6, 6.07) is 6.51. The van der Waals surface area contributed by atoms with E-state index in [4.69, 9.17) is 4.74 Å². The maximum Gasteiger partial charge on any atom is 0.407 e. The molecule has 0 radical (unpaired) electrons. The lowest BCUT2D eigenvalue weighted by atomic mass is 9.90. The number of amides is 1. The fourth-order valence-corrected chi connectivity index (χ4v) is 2.25. The first-order valence-corrected chi connectivity index (χ1v) is 8.21. The molecule has 2 aromatic rings. The largest absolute Gasteiger partial charge is 0.444 e. The topological polar surface area (TPSA) is 98.2 Å². The third-order valence-electron chi connectivity index (χ3n) is 3.25. The van der Waals surface area contributed by atoms with E-state index in [0.29, 0.717) is 17.7 Å². The molecule has 0 unspecified atom stereocenters. The number of ether oxygens (including phenoxy) is 1. The molecule has 0 saturated carbocycles. The number of hydrogen-bond acceptors (Lipinski definition) is 6. The number of rotatable bonds is 1. The van der Waals surface area contributed by atoms with E-state index in [1.54, 1.807) is 24.3 Å². The van der Waals surface area contributed by atoms with Crippen LogP contribution in [0.15, 0.2) is 36.7 Å². The van der Waals surface area contributed by atoms with Crippen LogP contribution in [-0.2, 0) is 4.74 Å². The Bertz CT molecular complexity index is 735. The molecule has 7 heteroatoms. The second-order valence-electron chi connectivity index (χ2n) is 6.49. The maximum atomic E-state index is 12.0. The average molecular weight is 355 g/mol. The Kier molecular flexibility index (Phi) is 5.82. The van der Waals surface area contributed by atoms with E-state index in [2.05, 4.69) is 15.3 Å². The maximum absolute atomic E-state index is 12.0. The monoisotopic (exact) mass is 355 g/mol. The number of pyridine rings is 2. The zero-order valence-corrected chi connectivity index (χ0v) is 15.2. The van der Waals surface area contributed by atoms with E-state index in [1.807, 2.05) is 27.7 Å². The molecule has 0 bridgehead atoms. The lowest BCUT2D eigenvalue weighted by molar-refractivity contribution is 0.0530. The second-order valence-corrected chi connectivity index (χ2v) is 6.49. The Morgan fingerprint density at radius 1 is 1.00 bits per heavy atom. The van der Waals surface area contributed by atoms with Crippen molar-refractivity contribution < 1.29 is 19.1 Å². The van der Waals surface area contributed by atoms with Gasteiger partial charge >= 0.3 is 6.09 Å². The van der Waals surface area contributed by atoms with E-state index < -0.39 is 0 Å². The molecule has 2 heterocycles. The molecule has 1 amide bonds. The van der Waals surface area contributed by atoms with Crippen molar-refractivity contribution in [1.29, 1.82) is 0 Å². The van der Waals surface area contributed by atoms with Gasteiger partial charge in [-0.1, -0.05) is 0 Å². The fraction of sp³-hybridized carbons (Fsp3) is 0.316. The van der Waals surface area contributed by atoms with Gasteiger partial charge in [0.1, 0.15) is 17.0 Å². The summed E-state index contributed by atoms with van der Waals surface area (Å²) in [5, 5.41) is 2.54. The molecule has 0 saturated heterocycles. The Balaban J connectivity index is 0.000000213. The molecule has 26 heavy (non-hydrogen) atoms.